The first-order chi connectivity index (χ1) is 32.0. The predicted octanol–water partition coefficient (Wildman–Crippen LogP) is 9.56. The number of rotatable bonds is 15. The molecule has 1 aliphatic rings. The van der Waals surface area contributed by atoms with Gasteiger partial charge in [0.1, 0.15) is 17.8 Å². The first-order valence-electron chi connectivity index (χ1n) is 22.0. The summed E-state index contributed by atoms with van der Waals surface area (Å²) in [6, 6.07) is 25.6. The number of ether oxygens (including phenoxy) is 3. The lowest BCUT2D eigenvalue weighted by molar-refractivity contribution is -0.138. The number of nitrogens with zero attached hydrogens (tertiary/aromatic N) is 4. The number of carbonyl (C=O) groups excluding carboxylic acids is 4. The number of pyridine rings is 1. The number of sulfone groups is 1. The molecule has 0 aliphatic heterocycles. The molecule has 6 rings (SSSR count). The van der Waals surface area contributed by atoms with Gasteiger partial charge in [-0.25, -0.2) is 37.4 Å². The van der Waals surface area contributed by atoms with Crippen LogP contribution in [0.5, 0.6) is 0 Å². The van der Waals surface area contributed by atoms with Gasteiger partial charge in [-0.05, 0) is 131 Å². The van der Waals surface area contributed by atoms with Gasteiger partial charge in [-0.3, -0.25) is 0 Å². The summed E-state index contributed by atoms with van der Waals surface area (Å²) in [7, 11) is -0.543. The quantitative estimate of drug-likeness (QED) is 0.0835. The summed E-state index contributed by atoms with van der Waals surface area (Å²) in [6.07, 6.45) is 0.295. The molecule has 1 aromatic heterocycles. The van der Waals surface area contributed by atoms with Crippen molar-refractivity contribution >= 4 is 68.1 Å². The molecule has 0 radical (unpaired) electrons. The SMILES string of the molecule is CN(CCc1cccc(C(Nc2ccc3c(N(C(=O)OC(C)(C)C)C(=O)OC(C)(C)C)nccc3c2)C(=O)O)c1)C(=O)Nc1ccc(S(=O)(=O)C2CC2)c(CN(C)C(=O)OCc2ccccc2)c1. The van der Waals surface area contributed by atoms with Crippen LogP contribution in [0.25, 0.3) is 10.8 Å². The molecule has 1 heterocycles. The minimum absolute atomic E-state index is 0.0255. The van der Waals surface area contributed by atoms with E-state index in [-0.39, 0.29) is 30.4 Å². The Morgan fingerprint density at radius 2 is 1.41 bits per heavy atom. The van der Waals surface area contributed by atoms with Crippen molar-refractivity contribution in [3.05, 3.63) is 126 Å². The van der Waals surface area contributed by atoms with Gasteiger partial charge in [0.15, 0.2) is 21.7 Å². The van der Waals surface area contributed by atoms with E-state index in [2.05, 4.69) is 15.6 Å². The molecule has 0 bridgehead atoms. The van der Waals surface area contributed by atoms with Crippen molar-refractivity contribution in [1.82, 2.24) is 14.8 Å². The van der Waals surface area contributed by atoms with Gasteiger partial charge in [-0.2, -0.15) is 4.90 Å². The van der Waals surface area contributed by atoms with Crippen LogP contribution in [-0.2, 0) is 48.4 Å². The van der Waals surface area contributed by atoms with E-state index < -0.39 is 62.6 Å². The first kappa shape index (κ1) is 50.2. The summed E-state index contributed by atoms with van der Waals surface area (Å²) < 4.78 is 43.4. The van der Waals surface area contributed by atoms with Crippen molar-refractivity contribution in [2.45, 2.75) is 101 Å². The molecule has 1 fully saturated rings. The van der Waals surface area contributed by atoms with Gasteiger partial charge in [0.2, 0.25) is 0 Å². The highest BCUT2D eigenvalue weighted by Crippen LogP contribution is 2.36. The molecule has 1 aliphatic carbocycles. The third-order valence-electron chi connectivity index (χ3n) is 10.5. The monoisotopic (exact) mass is 950 g/mol. The van der Waals surface area contributed by atoms with Crippen molar-refractivity contribution in [3.63, 3.8) is 0 Å². The maximum atomic E-state index is 13.5. The summed E-state index contributed by atoms with van der Waals surface area (Å²) in [5.74, 6) is -1.18. The lowest BCUT2D eigenvalue weighted by Gasteiger charge is -2.28. The molecule has 18 heteroatoms. The number of urea groups is 1. The Kier molecular flexibility index (Phi) is 15.3. The van der Waals surface area contributed by atoms with Crippen molar-refractivity contribution in [3.8, 4) is 0 Å². The number of nitrogens with one attached hydrogen (secondary N) is 2. The molecule has 1 atom stereocenters. The van der Waals surface area contributed by atoms with E-state index in [4.69, 9.17) is 14.2 Å². The fourth-order valence-electron chi connectivity index (χ4n) is 7.06. The van der Waals surface area contributed by atoms with E-state index in [0.29, 0.717) is 52.5 Å². The predicted molar refractivity (Wildman–Crippen MR) is 257 cm³/mol. The summed E-state index contributed by atoms with van der Waals surface area (Å²) in [6.45, 7) is 10.2. The summed E-state index contributed by atoms with van der Waals surface area (Å²) in [4.78, 5) is 73.8. The first-order valence-corrected chi connectivity index (χ1v) is 23.6. The van der Waals surface area contributed by atoms with Gasteiger partial charge in [0, 0.05) is 43.6 Å². The van der Waals surface area contributed by atoms with Crippen LogP contribution in [0.4, 0.5) is 36.4 Å². The number of carbonyl (C=O) groups is 5. The van der Waals surface area contributed by atoms with E-state index in [1.54, 1.807) is 97.1 Å². The summed E-state index contributed by atoms with van der Waals surface area (Å²) in [5.41, 5.74) is 1.24. The Morgan fingerprint density at radius 3 is 2.04 bits per heavy atom. The van der Waals surface area contributed by atoms with Crippen LogP contribution in [0, 0.1) is 0 Å². The number of carboxylic acid groups (broad SMARTS) is 1. The lowest BCUT2D eigenvalue weighted by atomic mass is 10.0. The zero-order valence-electron chi connectivity index (χ0n) is 39.4. The Bertz CT molecular complexity index is 2760. The number of imide groups is 1. The largest absolute Gasteiger partial charge is 0.479 e. The van der Waals surface area contributed by atoms with Crippen LogP contribution in [-0.4, -0.2) is 95.7 Å². The van der Waals surface area contributed by atoms with Crippen molar-refractivity contribution in [2.75, 3.05) is 36.2 Å². The standard InChI is InChI=1S/C50H58N6O11S/c1-49(2,3)66-47(61)56(48(62)67-50(4,5)6)43-40-21-17-37(28-34(40)23-25-51-43)52-42(44(57)58)35-16-12-15-32(27-35)24-26-54(7)45(59)53-38-18-22-41(68(63,64)39-19-20-39)36(29-38)30-55(8)46(60)65-31-33-13-10-9-11-14-33/h9-18,21-23,25,27-29,39,42,52H,19-20,24,26,30-31H2,1-8H3,(H,53,59)(H,57,58). The lowest BCUT2D eigenvalue weighted by Crippen LogP contribution is -2.44. The van der Waals surface area contributed by atoms with Crippen molar-refractivity contribution < 1.29 is 51.7 Å². The van der Waals surface area contributed by atoms with E-state index in [1.165, 1.54) is 35.2 Å². The number of benzene rings is 4. The Morgan fingerprint density at radius 1 is 0.765 bits per heavy atom. The Labute approximate surface area is 396 Å². The molecule has 0 saturated heterocycles. The highest BCUT2D eigenvalue weighted by atomic mass is 32.2. The Hall–Kier alpha value is -7.21. The second-order valence-corrected chi connectivity index (χ2v) is 20.8. The molecule has 1 saturated carbocycles. The number of anilines is 3. The van der Waals surface area contributed by atoms with Crippen molar-refractivity contribution in [1.29, 1.82) is 0 Å². The number of likely N-dealkylation sites (N-methyl/N-ethyl adjacent to an activating group) is 1. The van der Waals surface area contributed by atoms with Gasteiger partial charge in [0.25, 0.3) is 0 Å². The van der Waals surface area contributed by atoms with Crippen LogP contribution in [0.3, 0.4) is 0 Å². The van der Waals surface area contributed by atoms with Gasteiger partial charge >= 0.3 is 30.3 Å². The average Bonchev–Trinajstić information content (AvgIpc) is 4.13. The topological polar surface area (TPSA) is 214 Å². The molecular formula is C50H58N6O11S. The average molecular weight is 951 g/mol. The van der Waals surface area contributed by atoms with Gasteiger partial charge < -0.3 is 39.8 Å². The number of aliphatic carboxylic acids is 1. The maximum absolute atomic E-state index is 13.5. The zero-order valence-corrected chi connectivity index (χ0v) is 40.3. The molecule has 0 spiro atoms. The minimum Gasteiger partial charge on any atom is -0.479 e. The molecule has 68 heavy (non-hydrogen) atoms. The van der Waals surface area contributed by atoms with E-state index in [1.807, 2.05) is 36.4 Å². The highest BCUT2D eigenvalue weighted by molar-refractivity contribution is 7.92. The molecule has 17 nitrogen and oxygen atoms in total. The third kappa shape index (κ3) is 13.2. The zero-order chi connectivity index (χ0) is 49.6. The smallest absolute Gasteiger partial charge is 0.425 e. The van der Waals surface area contributed by atoms with E-state index in [0.717, 1.165) is 16.0 Å². The highest BCUT2D eigenvalue weighted by Gasteiger charge is 2.39. The molecule has 360 valence electrons. The van der Waals surface area contributed by atoms with Crippen LogP contribution in [0.15, 0.2) is 108 Å². The molecule has 3 N–H and O–H groups in total. The van der Waals surface area contributed by atoms with Gasteiger partial charge in [-0.15, -0.1) is 0 Å². The molecular weight excluding hydrogens is 893 g/mol. The maximum Gasteiger partial charge on any atom is 0.425 e. The molecule has 5 amide bonds. The van der Waals surface area contributed by atoms with Gasteiger partial charge in [-0.1, -0.05) is 54.6 Å². The minimum atomic E-state index is -3.66. The number of carboxylic acids is 1. The molecule has 4 aromatic carbocycles. The van der Waals surface area contributed by atoms with Crippen LogP contribution in [0.2, 0.25) is 0 Å². The number of aromatic nitrogens is 1. The second kappa shape index (κ2) is 20.8. The third-order valence-corrected chi connectivity index (χ3v) is 12.9. The number of hydrogen-bond donors (Lipinski definition) is 3. The molecule has 1 unspecified atom stereocenters. The van der Waals surface area contributed by atoms with E-state index in [9.17, 15) is 37.5 Å². The number of amides is 5. The normalized spacial score (nSPS) is 13.2. The fraction of sp³-hybridized carbons (Fsp3) is 0.360. The van der Waals surface area contributed by atoms with Crippen molar-refractivity contribution in [2.24, 2.45) is 0 Å². The van der Waals surface area contributed by atoms with Crippen LogP contribution >= 0.6 is 0 Å². The molecule has 5 aromatic rings. The number of fused-ring (bicyclic) bond motifs is 1. The number of hydrogen-bond acceptors (Lipinski definition) is 12. The van der Waals surface area contributed by atoms with Crippen LogP contribution < -0.4 is 15.5 Å². The van der Waals surface area contributed by atoms with Crippen LogP contribution in [0.1, 0.15) is 82.7 Å². The second-order valence-electron chi connectivity index (χ2n) is 18.6. The Balaban J connectivity index is 1.13. The van der Waals surface area contributed by atoms with Gasteiger partial charge in [0.05, 0.1) is 16.7 Å². The summed E-state index contributed by atoms with van der Waals surface area (Å²) >= 11 is 0. The summed E-state index contributed by atoms with van der Waals surface area (Å²) in [5, 5.41) is 16.8. The van der Waals surface area contributed by atoms with E-state index >= 15 is 0 Å². The fourth-order valence-corrected chi connectivity index (χ4v) is 8.92.